The van der Waals surface area contributed by atoms with Gasteiger partial charge in [-0.15, -0.1) is 0 Å². The Labute approximate surface area is 191 Å². The lowest BCUT2D eigenvalue weighted by Crippen LogP contribution is -2.46. The highest BCUT2D eigenvalue weighted by atomic mass is 35.5. The summed E-state index contributed by atoms with van der Waals surface area (Å²) in [4.78, 5) is 9.60. The number of nitrogens with zero attached hydrogens (tertiary/aromatic N) is 5. The van der Waals surface area contributed by atoms with Crippen molar-refractivity contribution in [3.8, 4) is 5.13 Å². The number of anilines is 1. The van der Waals surface area contributed by atoms with E-state index in [-0.39, 0.29) is 0 Å². The van der Waals surface area contributed by atoms with E-state index in [9.17, 15) is 0 Å². The van der Waals surface area contributed by atoms with Crippen LogP contribution >= 0.6 is 22.9 Å². The van der Waals surface area contributed by atoms with Gasteiger partial charge in [-0.3, -0.25) is 4.90 Å². The molecule has 1 aliphatic rings. The Balaban J connectivity index is 1.20. The van der Waals surface area contributed by atoms with Crippen LogP contribution in [0.25, 0.3) is 21.4 Å². The minimum atomic E-state index is 0.796. The maximum atomic E-state index is 6.14. The molecule has 1 fully saturated rings. The van der Waals surface area contributed by atoms with Crippen LogP contribution in [0.4, 0.5) is 5.69 Å². The highest BCUT2D eigenvalue weighted by molar-refractivity contribution is 7.20. The Morgan fingerprint density at radius 1 is 1.06 bits per heavy atom. The van der Waals surface area contributed by atoms with Crippen molar-refractivity contribution >= 4 is 44.9 Å². The average molecular weight is 450 g/mol. The highest BCUT2D eigenvalue weighted by Crippen LogP contribution is 2.26. The Morgan fingerprint density at radius 3 is 2.71 bits per heavy atom. The summed E-state index contributed by atoms with van der Waals surface area (Å²) in [5.74, 6) is 0. The molecule has 5 nitrogen and oxygen atoms in total. The molecule has 3 heterocycles. The van der Waals surface area contributed by atoms with E-state index in [1.54, 1.807) is 11.3 Å². The first kappa shape index (κ1) is 20.2. The summed E-state index contributed by atoms with van der Waals surface area (Å²) in [6.07, 6.45) is 6.34. The van der Waals surface area contributed by atoms with Gasteiger partial charge < -0.3 is 4.90 Å². The number of thiazole rings is 1. The summed E-state index contributed by atoms with van der Waals surface area (Å²) in [5.41, 5.74) is 4.48. The van der Waals surface area contributed by atoms with E-state index in [1.807, 2.05) is 47.3 Å². The van der Waals surface area contributed by atoms with Crippen LogP contribution < -0.4 is 4.90 Å². The Bertz CT molecular complexity index is 1190. The first-order chi connectivity index (χ1) is 15.2. The van der Waals surface area contributed by atoms with Crippen molar-refractivity contribution in [1.82, 2.24) is 19.7 Å². The molecule has 1 aliphatic heterocycles. The SMILES string of the molecule is Cc1c(/C=C/CN2CCN(c3cccc(Cl)c3)CC2)cnn1-c1nc2ccccc2s1. The molecule has 0 unspecified atom stereocenters. The molecular formula is C24H24ClN5S. The van der Waals surface area contributed by atoms with Crippen molar-refractivity contribution in [2.45, 2.75) is 6.92 Å². The number of hydrogen-bond donors (Lipinski definition) is 0. The zero-order valence-corrected chi connectivity index (χ0v) is 19.0. The van der Waals surface area contributed by atoms with Crippen LogP contribution in [0.5, 0.6) is 0 Å². The number of hydrogen-bond acceptors (Lipinski definition) is 5. The summed E-state index contributed by atoms with van der Waals surface area (Å²) in [7, 11) is 0. The van der Waals surface area contributed by atoms with Crippen LogP contribution in [0.3, 0.4) is 0 Å². The lowest BCUT2D eigenvalue weighted by Gasteiger charge is -2.35. The molecule has 158 valence electrons. The average Bonchev–Trinajstić information content (AvgIpc) is 3.37. The summed E-state index contributed by atoms with van der Waals surface area (Å²) < 4.78 is 3.12. The first-order valence-electron chi connectivity index (χ1n) is 10.5. The van der Waals surface area contributed by atoms with E-state index in [2.05, 4.69) is 46.1 Å². The second-order valence-corrected chi connectivity index (χ2v) is 9.18. The van der Waals surface area contributed by atoms with Gasteiger partial charge in [-0.25, -0.2) is 9.67 Å². The quantitative estimate of drug-likeness (QED) is 0.415. The second-order valence-electron chi connectivity index (χ2n) is 7.73. The molecule has 0 radical (unpaired) electrons. The van der Waals surface area contributed by atoms with Gasteiger partial charge >= 0.3 is 0 Å². The van der Waals surface area contributed by atoms with Gasteiger partial charge in [-0.1, -0.05) is 53.3 Å². The molecule has 4 aromatic rings. The van der Waals surface area contributed by atoms with Gasteiger partial charge in [0.2, 0.25) is 5.13 Å². The van der Waals surface area contributed by atoms with Gasteiger partial charge in [0, 0.05) is 49.0 Å². The van der Waals surface area contributed by atoms with Crippen molar-refractivity contribution in [3.05, 3.63) is 77.1 Å². The molecule has 5 rings (SSSR count). The van der Waals surface area contributed by atoms with Crippen molar-refractivity contribution < 1.29 is 0 Å². The number of piperazine rings is 1. The summed E-state index contributed by atoms with van der Waals surface area (Å²) in [6, 6.07) is 16.3. The molecule has 0 bridgehead atoms. The molecule has 7 heteroatoms. The number of para-hydroxylation sites is 1. The molecule has 0 saturated carbocycles. The molecule has 31 heavy (non-hydrogen) atoms. The number of benzene rings is 2. The van der Waals surface area contributed by atoms with E-state index < -0.39 is 0 Å². The Hall–Kier alpha value is -2.67. The van der Waals surface area contributed by atoms with Crippen molar-refractivity contribution in [1.29, 1.82) is 0 Å². The first-order valence-corrected chi connectivity index (χ1v) is 11.7. The zero-order chi connectivity index (χ0) is 21.2. The van der Waals surface area contributed by atoms with E-state index in [0.717, 1.165) is 59.7 Å². The van der Waals surface area contributed by atoms with Gasteiger partial charge in [0.1, 0.15) is 0 Å². The van der Waals surface area contributed by atoms with Gasteiger partial charge in [-0.05, 0) is 37.3 Å². The van der Waals surface area contributed by atoms with Crippen LogP contribution in [0.2, 0.25) is 5.02 Å². The molecule has 0 N–H and O–H groups in total. The van der Waals surface area contributed by atoms with Crippen molar-refractivity contribution in [2.24, 2.45) is 0 Å². The molecule has 0 atom stereocenters. The van der Waals surface area contributed by atoms with E-state index in [1.165, 1.54) is 10.4 Å². The van der Waals surface area contributed by atoms with Crippen LogP contribution in [0.1, 0.15) is 11.3 Å². The van der Waals surface area contributed by atoms with E-state index in [4.69, 9.17) is 16.6 Å². The standard InChI is InChI=1S/C24H24ClN5S/c1-18-19(17-26-30(18)24-27-22-9-2-3-10-23(22)31-24)6-5-11-28-12-14-29(15-13-28)21-8-4-7-20(25)16-21/h2-10,16-17H,11-15H2,1H3/b6-5+. The minimum Gasteiger partial charge on any atom is -0.369 e. The smallest absolute Gasteiger partial charge is 0.211 e. The van der Waals surface area contributed by atoms with Crippen LogP contribution in [0, 0.1) is 6.92 Å². The van der Waals surface area contributed by atoms with E-state index >= 15 is 0 Å². The van der Waals surface area contributed by atoms with Crippen LogP contribution in [0.15, 0.2) is 60.8 Å². The van der Waals surface area contributed by atoms with Gasteiger partial charge in [0.25, 0.3) is 0 Å². The predicted molar refractivity (Wildman–Crippen MR) is 131 cm³/mol. The Morgan fingerprint density at radius 2 is 1.90 bits per heavy atom. The second kappa shape index (κ2) is 8.83. The molecule has 0 aliphatic carbocycles. The molecule has 2 aromatic heterocycles. The van der Waals surface area contributed by atoms with Gasteiger partial charge in [0.15, 0.2) is 0 Å². The topological polar surface area (TPSA) is 37.2 Å². The van der Waals surface area contributed by atoms with Gasteiger partial charge in [0.05, 0.1) is 22.1 Å². The number of rotatable bonds is 5. The molecule has 1 saturated heterocycles. The highest BCUT2D eigenvalue weighted by Gasteiger charge is 2.16. The third-order valence-electron chi connectivity index (χ3n) is 5.72. The fraction of sp³-hybridized carbons (Fsp3) is 0.250. The number of aromatic nitrogens is 3. The monoisotopic (exact) mass is 449 g/mol. The third-order valence-corrected chi connectivity index (χ3v) is 6.97. The van der Waals surface area contributed by atoms with Crippen molar-refractivity contribution in [3.63, 3.8) is 0 Å². The molecular weight excluding hydrogens is 426 g/mol. The maximum Gasteiger partial charge on any atom is 0.211 e. The maximum absolute atomic E-state index is 6.14. The summed E-state index contributed by atoms with van der Waals surface area (Å²) in [5, 5.41) is 6.29. The molecule has 2 aromatic carbocycles. The van der Waals surface area contributed by atoms with Gasteiger partial charge in [-0.2, -0.15) is 5.10 Å². The fourth-order valence-corrected chi connectivity index (χ4v) is 5.08. The molecule has 0 spiro atoms. The number of fused-ring (bicyclic) bond motifs is 1. The third kappa shape index (κ3) is 4.37. The molecule has 0 amide bonds. The summed E-state index contributed by atoms with van der Waals surface area (Å²) in [6.45, 7) is 7.16. The zero-order valence-electron chi connectivity index (χ0n) is 17.4. The predicted octanol–water partition coefficient (Wildman–Crippen LogP) is 5.28. The van der Waals surface area contributed by atoms with E-state index in [0.29, 0.717) is 0 Å². The van der Waals surface area contributed by atoms with Crippen LogP contribution in [-0.4, -0.2) is 52.4 Å². The Kier molecular flexibility index (Phi) is 5.76. The normalized spacial score (nSPS) is 15.4. The van der Waals surface area contributed by atoms with Crippen molar-refractivity contribution in [2.75, 3.05) is 37.6 Å². The lowest BCUT2D eigenvalue weighted by atomic mass is 10.2. The summed E-state index contributed by atoms with van der Waals surface area (Å²) >= 11 is 7.81. The lowest BCUT2D eigenvalue weighted by molar-refractivity contribution is 0.284. The van der Waals surface area contributed by atoms with Crippen LogP contribution in [-0.2, 0) is 0 Å². The fourth-order valence-electron chi connectivity index (χ4n) is 3.92. The number of halogens is 1. The largest absolute Gasteiger partial charge is 0.369 e. The minimum absolute atomic E-state index is 0.796.